The highest BCUT2D eigenvalue weighted by Crippen LogP contribution is 2.12. The minimum atomic E-state index is -0.0842. The summed E-state index contributed by atoms with van der Waals surface area (Å²) < 4.78 is 1.85. The summed E-state index contributed by atoms with van der Waals surface area (Å²) in [6.07, 6.45) is 3.41. The number of aryl methyl sites for hydroxylation is 1. The Balaban J connectivity index is 1.69. The molecule has 6 heteroatoms. The van der Waals surface area contributed by atoms with Crippen LogP contribution < -0.4 is 0 Å². The average molecular weight is 312 g/mol. The summed E-state index contributed by atoms with van der Waals surface area (Å²) in [6, 6.07) is 8.05. The van der Waals surface area contributed by atoms with E-state index >= 15 is 0 Å². The monoisotopic (exact) mass is 312 g/mol. The van der Waals surface area contributed by atoms with Gasteiger partial charge in [-0.05, 0) is 19.1 Å². The molecule has 0 bridgehead atoms. The largest absolute Gasteiger partial charge is 0.339 e. The smallest absolute Gasteiger partial charge is 0.274 e. The Morgan fingerprint density at radius 1 is 1.00 bits per heavy atom. The van der Waals surface area contributed by atoms with E-state index in [1.54, 1.807) is 29.2 Å². The quantitative estimate of drug-likeness (QED) is 0.844. The standard InChI is InChI=1S/C17H20N4O2/c1-13-3-5-15(6-4-13)21-11-16(18-12-21)17(23)20-9-7-19(8-10-20)14(2)22/h3-6,11-12H,7-10H2,1-2H3. The van der Waals surface area contributed by atoms with Gasteiger partial charge in [0.05, 0.1) is 0 Å². The van der Waals surface area contributed by atoms with E-state index in [1.165, 1.54) is 5.56 Å². The second kappa shape index (κ2) is 6.24. The van der Waals surface area contributed by atoms with E-state index in [-0.39, 0.29) is 11.8 Å². The first-order chi connectivity index (χ1) is 11.0. The SMILES string of the molecule is CC(=O)N1CCN(C(=O)c2cn(-c3ccc(C)cc3)cn2)CC1. The number of amides is 2. The van der Waals surface area contributed by atoms with Gasteiger partial charge >= 0.3 is 0 Å². The van der Waals surface area contributed by atoms with E-state index in [4.69, 9.17) is 0 Å². The number of carbonyl (C=O) groups is 2. The van der Waals surface area contributed by atoms with Crippen molar-refractivity contribution in [2.24, 2.45) is 0 Å². The van der Waals surface area contributed by atoms with Crippen molar-refractivity contribution in [1.29, 1.82) is 0 Å². The number of piperazine rings is 1. The Hall–Kier alpha value is -2.63. The fraction of sp³-hybridized carbons (Fsp3) is 0.353. The molecule has 23 heavy (non-hydrogen) atoms. The highest BCUT2D eigenvalue weighted by molar-refractivity contribution is 5.92. The lowest BCUT2D eigenvalue weighted by Crippen LogP contribution is -2.50. The minimum Gasteiger partial charge on any atom is -0.339 e. The molecule has 1 aromatic carbocycles. The summed E-state index contributed by atoms with van der Waals surface area (Å²) in [6.45, 7) is 5.86. The number of nitrogens with zero attached hydrogens (tertiary/aromatic N) is 4. The Morgan fingerprint density at radius 2 is 1.61 bits per heavy atom. The molecule has 2 amide bonds. The van der Waals surface area contributed by atoms with Crippen LogP contribution in [-0.2, 0) is 4.79 Å². The Bertz CT molecular complexity index is 712. The van der Waals surface area contributed by atoms with E-state index in [9.17, 15) is 9.59 Å². The van der Waals surface area contributed by atoms with Crippen LogP contribution in [0.2, 0.25) is 0 Å². The summed E-state index contributed by atoms with van der Waals surface area (Å²) >= 11 is 0. The van der Waals surface area contributed by atoms with Crippen LogP contribution in [0.15, 0.2) is 36.8 Å². The number of benzene rings is 1. The van der Waals surface area contributed by atoms with Crippen LogP contribution in [-0.4, -0.2) is 57.3 Å². The number of hydrogen-bond acceptors (Lipinski definition) is 3. The van der Waals surface area contributed by atoms with Crippen LogP contribution in [0.1, 0.15) is 23.0 Å². The van der Waals surface area contributed by atoms with Crippen LogP contribution in [0.4, 0.5) is 0 Å². The van der Waals surface area contributed by atoms with Crippen molar-refractivity contribution in [3.05, 3.63) is 48.0 Å². The number of imidazole rings is 1. The molecular weight excluding hydrogens is 292 g/mol. The molecule has 1 saturated heterocycles. The number of rotatable bonds is 2. The molecule has 0 spiro atoms. The van der Waals surface area contributed by atoms with E-state index in [0.29, 0.717) is 31.9 Å². The van der Waals surface area contributed by atoms with Crippen molar-refractivity contribution in [2.45, 2.75) is 13.8 Å². The van der Waals surface area contributed by atoms with Gasteiger partial charge in [0.15, 0.2) is 0 Å². The van der Waals surface area contributed by atoms with Gasteiger partial charge in [0.2, 0.25) is 5.91 Å². The summed E-state index contributed by atoms with van der Waals surface area (Å²) in [7, 11) is 0. The maximum Gasteiger partial charge on any atom is 0.274 e. The first kappa shape index (κ1) is 15.3. The predicted molar refractivity (Wildman–Crippen MR) is 86.5 cm³/mol. The summed E-state index contributed by atoms with van der Waals surface area (Å²) in [4.78, 5) is 31.6. The van der Waals surface area contributed by atoms with Crippen LogP contribution in [0.25, 0.3) is 5.69 Å². The topological polar surface area (TPSA) is 58.4 Å². The van der Waals surface area contributed by atoms with Crippen molar-refractivity contribution >= 4 is 11.8 Å². The van der Waals surface area contributed by atoms with Crippen molar-refractivity contribution < 1.29 is 9.59 Å². The van der Waals surface area contributed by atoms with Gasteiger partial charge in [0.1, 0.15) is 12.0 Å². The molecule has 3 rings (SSSR count). The van der Waals surface area contributed by atoms with E-state index in [2.05, 4.69) is 4.98 Å². The van der Waals surface area contributed by atoms with Crippen LogP contribution >= 0.6 is 0 Å². The van der Waals surface area contributed by atoms with Crippen LogP contribution in [0.3, 0.4) is 0 Å². The van der Waals surface area contributed by atoms with Gasteiger partial charge in [-0.3, -0.25) is 9.59 Å². The fourth-order valence-electron chi connectivity index (χ4n) is 2.68. The van der Waals surface area contributed by atoms with Gasteiger partial charge in [0, 0.05) is 45.0 Å². The van der Waals surface area contributed by atoms with E-state index in [1.807, 2.05) is 35.8 Å². The fourth-order valence-corrected chi connectivity index (χ4v) is 2.68. The molecule has 1 aliphatic heterocycles. The van der Waals surface area contributed by atoms with Crippen molar-refractivity contribution in [3.63, 3.8) is 0 Å². The predicted octanol–water partition coefficient (Wildman–Crippen LogP) is 1.49. The molecule has 0 unspecified atom stereocenters. The molecule has 2 heterocycles. The normalized spacial score (nSPS) is 14.9. The lowest BCUT2D eigenvalue weighted by Gasteiger charge is -2.33. The zero-order valence-corrected chi connectivity index (χ0v) is 13.4. The van der Waals surface area contributed by atoms with Gasteiger partial charge in [0.25, 0.3) is 5.91 Å². The van der Waals surface area contributed by atoms with Gasteiger partial charge in [-0.2, -0.15) is 0 Å². The van der Waals surface area contributed by atoms with Crippen LogP contribution in [0, 0.1) is 6.92 Å². The number of aromatic nitrogens is 2. The molecule has 0 saturated carbocycles. The van der Waals surface area contributed by atoms with Gasteiger partial charge in [-0.1, -0.05) is 17.7 Å². The van der Waals surface area contributed by atoms with Gasteiger partial charge in [-0.25, -0.2) is 4.98 Å². The van der Waals surface area contributed by atoms with Gasteiger partial charge < -0.3 is 14.4 Å². The Morgan fingerprint density at radius 3 is 2.22 bits per heavy atom. The third-order valence-corrected chi connectivity index (χ3v) is 4.15. The first-order valence-electron chi connectivity index (χ1n) is 7.70. The third-order valence-electron chi connectivity index (χ3n) is 4.15. The minimum absolute atomic E-state index is 0.0562. The molecule has 0 aliphatic carbocycles. The van der Waals surface area contributed by atoms with Crippen molar-refractivity contribution in [2.75, 3.05) is 26.2 Å². The molecule has 1 aliphatic rings. The van der Waals surface area contributed by atoms with Crippen molar-refractivity contribution in [3.8, 4) is 5.69 Å². The summed E-state index contributed by atoms with van der Waals surface area (Å²) in [5.41, 5.74) is 2.60. The number of carbonyl (C=O) groups excluding carboxylic acids is 2. The van der Waals surface area contributed by atoms with Crippen molar-refractivity contribution in [1.82, 2.24) is 19.4 Å². The molecule has 0 atom stereocenters. The highest BCUT2D eigenvalue weighted by atomic mass is 16.2. The Kier molecular flexibility index (Phi) is 4.14. The average Bonchev–Trinajstić information content (AvgIpc) is 3.05. The molecule has 120 valence electrons. The Labute approximate surface area is 135 Å². The van der Waals surface area contributed by atoms with E-state index < -0.39 is 0 Å². The van der Waals surface area contributed by atoms with Crippen LogP contribution in [0.5, 0.6) is 0 Å². The third kappa shape index (κ3) is 3.26. The first-order valence-corrected chi connectivity index (χ1v) is 7.70. The summed E-state index contributed by atoms with van der Waals surface area (Å²) in [5, 5.41) is 0. The maximum atomic E-state index is 12.5. The summed E-state index contributed by atoms with van der Waals surface area (Å²) in [5.74, 6) is -0.0280. The molecule has 1 fully saturated rings. The molecule has 0 radical (unpaired) electrons. The molecular formula is C17H20N4O2. The van der Waals surface area contributed by atoms with E-state index in [0.717, 1.165) is 5.69 Å². The lowest BCUT2D eigenvalue weighted by atomic mass is 10.2. The highest BCUT2D eigenvalue weighted by Gasteiger charge is 2.24. The number of hydrogen-bond donors (Lipinski definition) is 0. The second-order valence-electron chi connectivity index (χ2n) is 5.80. The zero-order valence-electron chi connectivity index (χ0n) is 13.4. The second-order valence-corrected chi connectivity index (χ2v) is 5.80. The van der Waals surface area contributed by atoms with Gasteiger partial charge in [-0.15, -0.1) is 0 Å². The zero-order chi connectivity index (χ0) is 16.4. The maximum absolute atomic E-state index is 12.5. The molecule has 6 nitrogen and oxygen atoms in total. The molecule has 0 N–H and O–H groups in total. The molecule has 1 aromatic heterocycles. The molecule has 2 aromatic rings. The lowest BCUT2D eigenvalue weighted by molar-refractivity contribution is -0.130.